The molecule has 0 spiro atoms. The van der Waals surface area contributed by atoms with E-state index in [2.05, 4.69) is 66.6 Å². The predicted molar refractivity (Wildman–Crippen MR) is 126 cm³/mol. The SMILES string of the molecule is C=C(c1ccc(N2CCOCC2)c(CC)c1)c1ccc(N2CCOCC2)c(CC)c1. The zero-order valence-corrected chi connectivity index (χ0v) is 18.5. The van der Waals surface area contributed by atoms with Crippen LogP contribution < -0.4 is 9.80 Å². The quantitative estimate of drug-likeness (QED) is 0.703. The third kappa shape index (κ3) is 4.40. The lowest BCUT2D eigenvalue weighted by atomic mass is 9.94. The van der Waals surface area contributed by atoms with E-state index in [4.69, 9.17) is 9.47 Å². The summed E-state index contributed by atoms with van der Waals surface area (Å²) in [5, 5.41) is 0. The van der Waals surface area contributed by atoms with E-state index >= 15 is 0 Å². The van der Waals surface area contributed by atoms with E-state index < -0.39 is 0 Å². The van der Waals surface area contributed by atoms with Crippen molar-refractivity contribution in [1.82, 2.24) is 0 Å². The minimum absolute atomic E-state index is 0.812. The summed E-state index contributed by atoms with van der Waals surface area (Å²) in [7, 11) is 0. The summed E-state index contributed by atoms with van der Waals surface area (Å²) in [6, 6.07) is 13.7. The molecule has 0 atom stereocenters. The number of nitrogens with zero attached hydrogens (tertiary/aromatic N) is 2. The first-order valence-electron chi connectivity index (χ1n) is 11.3. The van der Waals surface area contributed by atoms with Crippen molar-refractivity contribution in [3.05, 3.63) is 65.2 Å². The number of hydrogen-bond donors (Lipinski definition) is 0. The smallest absolute Gasteiger partial charge is 0.0642 e. The number of hydrogen-bond acceptors (Lipinski definition) is 4. The lowest BCUT2D eigenvalue weighted by Gasteiger charge is -2.31. The standard InChI is InChI=1S/C26H34N2O2/c1-4-21-18-23(6-8-25(21)27-10-14-29-15-11-27)20(3)24-7-9-26(22(5-2)19-24)28-12-16-30-17-13-28/h6-9,18-19H,3-5,10-17H2,1-2H3. The van der Waals surface area contributed by atoms with Gasteiger partial charge in [-0.1, -0.05) is 32.6 Å². The maximum absolute atomic E-state index is 5.52. The molecule has 4 nitrogen and oxygen atoms in total. The molecule has 0 aromatic heterocycles. The number of aryl methyl sites for hydroxylation is 2. The van der Waals surface area contributed by atoms with Crippen molar-refractivity contribution in [2.24, 2.45) is 0 Å². The molecule has 0 bridgehead atoms. The molecule has 2 heterocycles. The van der Waals surface area contributed by atoms with Gasteiger partial charge in [0.1, 0.15) is 0 Å². The molecule has 30 heavy (non-hydrogen) atoms. The Bertz CT molecular complexity index is 809. The fraction of sp³-hybridized carbons (Fsp3) is 0.462. The van der Waals surface area contributed by atoms with Gasteiger partial charge >= 0.3 is 0 Å². The van der Waals surface area contributed by atoms with E-state index in [-0.39, 0.29) is 0 Å². The van der Waals surface area contributed by atoms with Crippen LogP contribution in [-0.2, 0) is 22.3 Å². The van der Waals surface area contributed by atoms with Gasteiger partial charge < -0.3 is 19.3 Å². The van der Waals surface area contributed by atoms with Crippen LogP contribution in [0.15, 0.2) is 43.0 Å². The molecule has 0 amide bonds. The molecular formula is C26H34N2O2. The van der Waals surface area contributed by atoms with Gasteiger partial charge in [-0.15, -0.1) is 0 Å². The molecule has 2 aromatic rings. The van der Waals surface area contributed by atoms with Crippen molar-refractivity contribution in [3.63, 3.8) is 0 Å². The first-order valence-corrected chi connectivity index (χ1v) is 11.3. The normalized spacial score (nSPS) is 17.3. The molecule has 2 saturated heterocycles. The molecule has 4 rings (SSSR count). The number of ether oxygens (including phenoxy) is 2. The molecule has 2 aromatic carbocycles. The van der Waals surface area contributed by atoms with Crippen LogP contribution in [-0.4, -0.2) is 52.6 Å². The number of anilines is 2. The summed E-state index contributed by atoms with van der Waals surface area (Å²) in [5.41, 5.74) is 8.98. The Hall–Kier alpha value is -2.30. The van der Waals surface area contributed by atoms with Crippen LogP contribution in [0, 0.1) is 0 Å². The van der Waals surface area contributed by atoms with E-state index in [0.717, 1.165) is 71.0 Å². The predicted octanol–water partition coefficient (Wildman–Crippen LogP) is 4.55. The summed E-state index contributed by atoms with van der Waals surface area (Å²) in [4.78, 5) is 4.89. The van der Waals surface area contributed by atoms with E-state index in [9.17, 15) is 0 Å². The second-order valence-corrected chi connectivity index (χ2v) is 8.07. The summed E-state index contributed by atoms with van der Waals surface area (Å²) in [6.07, 6.45) is 2.04. The van der Waals surface area contributed by atoms with E-state index in [1.165, 1.54) is 33.6 Å². The minimum atomic E-state index is 0.812. The van der Waals surface area contributed by atoms with Gasteiger partial charge in [-0.2, -0.15) is 0 Å². The summed E-state index contributed by atoms with van der Waals surface area (Å²) in [6.45, 7) is 16.1. The molecule has 0 radical (unpaired) electrons. The molecule has 0 aliphatic carbocycles. The zero-order chi connectivity index (χ0) is 20.9. The van der Waals surface area contributed by atoms with Crippen molar-refractivity contribution >= 4 is 16.9 Å². The van der Waals surface area contributed by atoms with Gasteiger partial charge in [0.25, 0.3) is 0 Å². The van der Waals surface area contributed by atoms with Crippen LogP contribution in [0.5, 0.6) is 0 Å². The Balaban J connectivity index is 1.59. The van der Waals surface area contributed by atoms with Crippen LogP contribution >= 0.6 is 0 Å². The summed E-state index contributed by atoms with van der Waals surface area (Å²) in [5.74, 6) is 0. The minimum Gasteiger partial charge on any atom is -0.378 e. The van der Waals surface area contributed by atoms with Crippen LogP contribution in [0.3, 0.4) is 0 Å². The largest absolute Gasteiger partial charge is 0.378 e. The van der Waals surface area contributed by atoms with Gasteiger partial charge in [0, 0.05) is 37.6 Å². The Kier molecular flexibility index (Phi) is 6.76. The molecule has 2 fully saturated rings. The highest BCUT2D eigenvalue weighted by molar-refractivity contribution is 5.81. The highest BCUT2D eigenvalue weighted by Gasteiger charge is 2.17. The van der Waals surface area contributed by atoms with E-state index in [0.29, 0.717) is 0 Å². The summed E-state index contributed by atoms with van der Waals surface area (Å²) >= 11 is 0. The monoisotopic (exact) mass is 406 g/mol. The Morgan fingerprint density at radius 3 is 1.50 bits per heavy atom. The van der Waals surface area contributed by atoms with Crippen LogP contribution in [0.4, 0.5) is 11.4 Å². The Morgan fingerprint density at radius 2 is 1.13 bits per heavy atom. The first-order chi connectivity index (χ1) is 14.7. The number of rotatable bonds is 6. The lowest BCUT2D eigenvalue weighted by molar-refractivity contribution is 0.122. The second-order valence-electron chi connectivity index (χ2n) is 8.07. The van der Waals surface area contributed by atoms with Gasteiger partial charge in [0.2, 0.25) is 0 Å². The number of morpholine rings is 2. The molecule has 0 N–H and O–H groups in total. The first kappa shape index (κ1) is 21.0. The maximum Gasteiger partial charge on any atom is 0.0642 e. The Morgan fingerprint density at radius 1 is 0.733 bits per heavy atom. The molecule has 2 aliphatic rings. The lowest BCUT2D eigenvalue weighted by Crippen LogP contribution is -2.36. The fourth-order valence-electron chi connectivity index (χ4n) is 4.50. The maximum atomic E-state index is 5.52. The highest BCUT2D eigenvalue weighted by atomic mass is 16.5. The van der Waals surface area contributed by atoms with Gasteiger partial charge in [0.05, 0.1) is 26.4 Å². The summed E-state index contributed by atoms with van der Waals surface area (Å²) < 4.78 is 11.0. The second kappa shape index (κ2) is 9.67. The molecule has 160 valence electrons. The Labute approximate surface area is 181 Å². The van der Waals surface area contributed by atoms with Gasteiger partial charge in [-0.05, 0) is 64.9 Å². The van der Waals surface area contributed by atoms with Gasteiger partial charge in [-0.25, -0.2) is 0 Å². The van der Waals surface area contributed by atoms with Crippen molar-refractivity contribution < 1.29 is 9.47 Å². The average molecular weight is 407 g/mol. The molecule has 2 aliphatic heterocycles. The average Bonchev–Trinajstić information content (AvgIpc) is 2.83. The van der Waals surface area contributed by atoms with Gasteiger partial charge in [-0.3, -0.25) is 0 Å². The molecule has 0 unspecified atom stereocenters. The third-order valence-corrected chi connectivity index (χ3v) is 6.32. The van der Waals surface area contributed by atoms with Gasteiger partial charge in [0.15, 0.2) is 0 Å². The highest BCUT2D eigenvalue weighted by Crippen LogP contribution is 2.32. The zero-order valence-electron chi connectivity index (χ0n) is 18.5. The topological polar surface area (TPSA) is 24.9 Å². The molecular weight excluding hydrogens is 372 g/mol. The molecule has 4 heteroatoms. The van der Waals surface area contributed by atoms with Crippen molar-refractivity contribution in [1.29, 1.82) is 0 Å². The van der Waals surface area contributed by atoms with Crippen LogP contribution in [0.25, 0.3) is 5.57 Å². The van der Waals surface area contributed by atoms with Crippen molar-refractivity contribution in [2.75, 3.05) is 62.4 Å². The third-order valence-electron chi connectivity index (χ3n) is 6.32. The van der Waals surface area contributed by atoms with Crippen LogP contribution in [0.1, 0.15) is 36.1 Å². The fourth-order valence-corrected chi connectivity index (χ4v) is 4.50. The van der Waals surface area contributed by atoms with Crippen molar-refractivity contribution in [3.8, 4) is 0 Å². The van der Waals surface area contributed by atoms with Crippen LogP contribution in [0.2, 0.25) is 0 Å². The van der Waals surface area contributed by atoms with E-state index in [1.54, 1.807) is 0 Å². The van der Waals surface area contributed by atoms with E-state index in [1.807, 2.05) is 0 Å². The van der Waals surface area contributed by atoms with Crippen molar-refractivity contribution in [2.45, 2.75) is 26.7 Å². The number of benzene rings is 2. The molecule has 0 saturated carbocycles.